The molecule has 0 aliphatic rings. The van der Waals surface area contributed by atoms with Gasteiger partial charge in [0.1, 0.15) is 11.8 Å². The maximum absolute atomic E-state index is 12.2. The smallest absolute Gasteiger partial charge is 0.272 e. The zero-order valence-electron chi connectivity index (χ0n) is 11.5. The third kappa shape index (κ3) is 3.21. The van der Waals surface area contributed by atoms with Crippen molar-refractivity contribution in [2.24, 2.45) is 0 Å². The molecule has 2 aromatic rings. The Kier molecular flexibility index (Phi) is 4.11. The van der Waals surface area contributed by atoms with E-state index in [1.807, 2.05) is 37.3 Å². The molecule has 2 rings (SSSR count). The van der Waals surface area contributed by atoms with Gasteiger partial charge in [-0.3, -0.25) is 4.79 Å². The summed E-state index contributed by atoms with van der Waals surface area (Å²) in [7, 11) is 1.74. The van der Waals surface area contributed by atoms with Crippen LogP contribution in [0.25, 0.3) is 0 Å². The van der Waals surface area contributed by atoms with Crippen molar-refractivity contribution in [3.63, 3.8) is 0 Å². The Morgan fingerprint density at radius 3 is 2.50 bits per heavy atom. The summed E-state index contributed by atoms with van der Waals surface area (Å²) in [6, 6.07) is 13.2. The molecule has 0 spiro atoms. The summed E-state index contributed by atoms with van der Waals surface area (Å²) in [5, 5.41) is 8.71. The number of pyridine rings is 1. The first-order chi connectivity index (χ1) is 9.60. The predicted octanol–water partition coefficient (Wildman–Crippen LogP) is 2.53. The first-order valence-electron chi connectivity index (χ1n) is 6.27. The number of benzene rings is 1. The largest absolute Gasteiger partial charge is 0.336 e. The van der Waals surface area contributed by atoms with Gasteiger partial charge in [0.15, 0.2) is 0 Å². The molecular formula is C16H15N3O. The van der Waals surface area contributed by atoms with Crippen LogP contribution in [0.1, 0.15) is 27.2 Å². The number of carbonyl (C=O) groups excluding carboxylic acids is 1. The average molecular weight is 265 g/mol. The average Bonchev–Trinajstić information content (AvgIpc) is 2.49. The Morgan fingerprint density at radius 1 is 1.25 bits per heavy atom. The molecule has 0 atom stereocenters. The fourth-order valence-corrected chi connectivity index (χ4v) is 1.82. The van der Waals surface area contributed by atoms with E-state index in [0.717, 1.165) is 5.56 Å². The Labute approximate surface area is 118 Å². The van der Waals surface area contributed by atoms with Crippen LogP contribution in [0.2, 0.25) is 0 Å². The molecule has 1 heterocycles. The van der Waals surface area contributed by atoms with E-state index in [4.69, 9.17) is 5.26 Å². The van der Waals surface area contributed by atoms with E-state index in [1.54, 1.807) is 24.1 Å². The molecule has 1 aromatic carbocycles. The standard InChI is InChI=1S/C16H15N3O/c1-12-3-5-13(6-4-12)11-19(2)16(20)15-8-7-14(9-17)10-18-15/h3-8,10H,11H2,1-2H3. The van der Waals surface area contributed by atoms with Crippen molar-refractivity contribution >= 4 is 5.91 Å². The van der Waals surface area contributed by atoms with Crippen molar-refractivity contribution in [1.29, 1.82) is 5.26 Å². The molecule has 4 nitrogen and oxygen atoms in total. The Morgan fingerprint density at radius 2 is 1.95 bits per heavy atom. The summed E-state index contributed by atoms with van der Waals surface area (Å²) >= 11 is 0. The first kappa shape index (κ1) is 13.8. The Hall–Kier alpha value is -2.67. The Bertz CT molecular complexity index is 639. The summed E-state index contributed by atoms with van der Waals surface area (Å²) in [5.41, 5.74) is 3.05. The molecule has 0 bridgehead atoms. The third-order valence-corrected chi connectivity index (χ3v) is 3.00. The van der Waals surface area contributed by atoms with Crippen molar-refractivity contribution in [1.82, 2.24) is 9.88 Å². The number of hydrogen-bond acceptors (Lipinski definition) is 3. The molecule has 0 saturated heterocycles. The van der Waals surface area contributed by atoms with Crippen molar-refractivity contribution in [3.8, 4) is 6.07 Å². The molecule has 100 valence electrons. The van der Waals surface area contributed by atoms with Crippen LogP contribution < -0.4 is 0 Å². The Balaban J connectivity index is 2.08. The van der Waals surface area contributed by atoms with E-state index in [1.165, 1.54) is 11.8 Å². The molecule has 0 fully saturated rings. The summed E-state index contributed by atoms with van der Waals surface area (Å²) in [5.74, 6) is -0.157. The fraction of sp³-hybridized carbons (Fsp3) is 0.188. The van der Waals surface area contributed by atoms with Gasteiger partial charge in [-0.1, -0.05) is 29.8 Å². The summed E-state index contributed by atoms with van der Waals surface area (Å²) < 4.78 is 0. The van der Waals surface area contributed by atoms with Gasteiger partial charge >= 0.3 is 0 Å². The molecule has 0 radical (unpaired) electrons. The van der Waals surface area contributed by atoms with Gasteiger partial charge in [0, 0.05) is 19.8 Å². The highest BCUT2D eigenvalue weighted by molar-refractivity contribution is 5.92. The minimum Gasteiger partial charge on any atom is -0.336 e. The molecule has 1 amide bonds. The van der Waals surface area contributed by atoms with Crippen LogP contribution in [0, 0.1) is 18.3 Å². The monoisotopic (exact) mass is 265 g/mol. The van der Waals surface area contributed by atoms with Crippen LogP contribution in [0.15, 0.2) is 42.6 Å². The van der Waals surface area contributed by atoms with Crippen LogP contribution in [0.5, 0.6) is 0 Å². The van der Waals surface area contributed by atoms with Crippen LogP contribution in [0.3, 0.4) is 0 Å². The number of hydrogen-bond donors (Lipinski definition) is 0. The molecule has 0 saturated carbocycles. The molecule has 4 heteroatoms. The zero-order valence-corrected chi connectivity index (χ0v) is 11.5. The van der Waals surface area contributed by atoms with Gasteiger partial charge in [0.05, 0.1) is 5.56 Å². The lowest BCUT2D eigenvalue weighted by Crippen LogP contribution is -2.26. The van der Waals surface area contributed by atoms with Gasteiger partial charge in [-0.15, -0.1) is 0 Å². The lowest BCUT2D eigenvalue weighted by molar-refractivity contribution is 0.0779. The van der Waals surface area contributed by atoms with Crippen molar-refractivity contribution in [2.75, 3.05) is 7.05 Å². The maximum atomic E-state index is 12.2. The number of aromatic nitrogens is 1. The van der Waals surface area contributed by atoms with E-state index in [2.05, 4.69) is 4.98 Å². The quantitative estimate of drug-likeness (QED) is 0.857. The number of carbonyl (C=O) groups is 1. The SMILES string of the molecule is Cc1ccc(CN(C)C(=O)c2ccc(C#N)cn2)cc1. The zero-order chi connectivity index (χ0) is 14.5. The molecule has 0 aliphatic carbocycles. The highest BCUT2D eigenvalue weighted by Gasteiger charge is 2.13. The molecule has 0 aliphatic heterocycles. The molecule has 0 N–H and O–H groups in total. The van der Waals surface area contributed by atoms with Gasteiger partial charge in [0.25, 0.3) is 5.91 Å². The van der Waals surface area contributed by atoms with Crippen LogP contribution in [-0.2, 0) is 6.54 Å². The normalized spacial score (nSPS) is 9.85. The van der Waals surface area contributed by atoms with E-state index >= 15 is 0 Å². The number of rotatable bonds is 3. The second kappa shape index (κ2) is 5.98. The van der Waals surface area contributed by atoms with Gasteiger partial charge < -0.3 is 4.90 Å². The third-order valence-electron chi connectivity index (χ3n) is 3.00. The van der Waals surface area contributed by atoms with Gasteiger partial charge in [-0.25, -0.2) is 4.98 Å². The van der Waals surface area contributed by atoms with Gasteiger partial charge in [-0.05, 0) is 24.6 Å². The van der Waals surface area contributed by atoms with Crippen LogP contribution >= 0.6 is 0 Å². The minimum atomic E-state index is -0.157. The van der Waals surface area contributed by atoms with Crippen molar-refractivity contribution < 1.29 is 4.79 Å². The highest BCUT2D eigenvalue weighted by Crippen LogP contribution is 2.09. The van der Waals surface area contributed by atoms with Gasteiger partial charge in [-0.2, -0.15) is 5.26 Å². The molecular weight excluding hydrogens is 250 g/mol. The van der Waals surface area contributed by atoms with Crippen molar-refractivity contribution in [2.45, 2.75) is 13.5 Å². The van der Waals surface area contributed by atoms with E-state index in [-0.39, 0.29) is 5.91 Å². The van der Waals surface area contributed by atoms with Gasteiger partial charge in [0.2, 0.25) is 0 Å². The second-order valence-electron chi connectivity index (χ2n) is 4.69. The highest BCUT2D eigenvalue weighted by atomic mass is 16.2. The van der Waals surface area contributed by atoms with Crippen LogP contribution in [-0.4, -0.2) is 22.8 Å². The fourth-order valence-electron chi connectivity index (χ4n) is 1.82. The van der Waals surface area contributed by atoms with E-state index < -0.39 is 0 Å². The minimum absolute atomic E-state index is 0.157. The second-order valence-corrected chi connectivity index (χ2v) is 4.69. The summed E-state index contributed by atoms with van der Waals surface area (Å²) in [4.78, 5) is 17.8. The van der Waals surface area contributed by atoms with E-state index in [9.17, 15) is 4.79 Å². The van der Waals surface area contributed by atoms with Crippen molar-refractivity contribution in [3.05, 3.63) is 65.0 Å². The summed E-state index contributed by atoms with van der Waals surface area (Å²) in [6.07, 6.45) is 1.41. The number of aryl methyl sites for hydroxylation is 1. The first-order valence-corrected chi connectivity index (χ1v) is 6.27. The lowest BCUT2D eigenvalue weighted by Gasteiger charge is -2.16. The maximum Gasteiger partial charge on any atom is 0.272 e. The predicted molar refractivity (Wildman–Crippen MR) is 75.9 cm³/mol. The topological polar surface area (TPSA) is 57.0 Å². The van der Waals surface area contributed by atoms with Crippen LogP contribution in [0.4, 0.5) is 0 Å². The molecule has 20 heavy (non-hydrogen) atoms. The van der Waals surface area contributed by atoms with E-state index in [0.29, 0.717) is 17.8 Å². The lowest BCUT2D eigenvalue weighted by atomic mass is 10.1. The number of amides is 1. The number of nitrogens with zero attached hydrogens (tertiary/aromatic N) is 3. The molecule has 1 aromatic heterocycles. The number of nitriles is 1. The molecule has 0 unspecified atom stereocenters. The summed E-state index contributed by atoms with van der Waals surface area (Å²) in [6.45, 7) is 2.56.